The summed E-state index contributed by atoms with van der Waals surface area (Å²) < 4.78 is 5.17. The molecule has 20 heavy (non-hydrogen) atoms. The van der Waals surface area contributed by atoms with E-state index in [1.54, 1.807) is 7.11 Å². The minimum Gasteiger partial charge on any atom is -0.497 e. The first-order valence-corrected chi connectivity index (χ1v) is 6.60. The van der Waals surface area contributed by atoms with Crippen molar-refractivity contribution < 1.29 is 4.74 Å². The van der Waals surface area contributed by atoms with Gasteiger partial charge < -0.3 is 10.1 Å². The van der Waals surface area contributed by atoms with E-state index < -0.39 is 0 Å². The lowest BCUT2D eigenvalue weighted by Gasteiger charge is -2.22. The van der Waals surface area contributed by atoms with Gasteiger partial charge in [-0.3, -0.25) is 10.4 Å². The summed E-state index contributed by atoms with van der Waals surface area (Å²) in [5.74, 6) is 0.786. The van der Waals surface area contributed by atoms with E-state index in [1.165, 1.54) is 0 Å². The Kier molecular flexibility index (Phi) is 4.79. The van der Waals surface area contributed by atoms with Gasteiger partial charge in [0.15, 0.2) is 5.11 Å². The third kappa shape index (κ3) is 3.86. The predicted octanol–water partition coefficient (Wildman–Crippen LogP) is 3.03. The van der Waals surface area contributed by atoms with Gasteiger partial charge in [-0.25, -0.2) is 0 Å². The van der Waals surface area contributed by atoms with Crippen molar-refractivity contribution in [1.29, 1.82) is 0 Å². The Morgan fingerprint density at radius 3 is 2.55 bits per heavy atom. The van der Waals surface area contributed by atoms with Crippen LogP contribution in [0, 0.1) is 0 Å². The first kappa shape index (κ1) is 14.1. The third-order valence-electron chi connectivity index (χ3n) is 2.74. The molecule has 0 radical (unpaired) electrons. The highest BCUT2D eigenvalue weighted by atomic mass is 32.1. The van der Waals surface area contributed by atoms with Crippen LogP contribution in [-0.4, -0.2) is 19.3 Å². The first-order chi connectivity index (χ1) is 9.69. The summed E-state index contributed by atoms with van der Waals surface area (Å²) in [5, 5.41) is 5.49. The van der Waals surface area contributed by atoms with E-state index in [0.717, 1.165) is 17.1 Å². The number of hydrazine groups is 1. The van der Waals surface area contributed by atoms with Gasteiger partial charge in [0.2, 0.25) is 0 Å². The standard InChI is InChI=1S/C15H17N3OS/c1-18(13-8-4-3-5-9-13)17-15(20)16-12-7-6-10-14(11-12)19-2/h3-11H,1-2H3,(H2,16,17,20). The second-order valence-corrected chi connectivity index (χ2v) is 4.60. The molecule has 4 nitrogen and oxygen atoms in total. The van der Waals surface area contributed by atoms with Gasteiger partial charge in [-0.1, -0.05) is 24.3 Å². The summed E-state index contributed by atoms with van der Waals surface area (Å²) in [6.45, 7) is 0. The van der Waals surface area contributed by atoms with E-state index in [9.17, 15) is 0 Å². The summed E-state index contributed by atoms with van der Waals surface area (Å²) in [4.78, 5) is 0. The van der Waals surface area contributed by atoms with E-state index in [2.05, 4.69) is 10.7 Å². The second-order valence-electron chi connectivity index (χ2n) is 4.19. The van der Waals surface area contributed by atoms with Gasteiger partial charge >= 0.3 is 0 Å². The minimum atomic E-state index is 0.518. The molecule has 2 N–H and O–H groups in total. The Bertz CT molecular complexity index is 574. The highest BCUT2D eigenvalue weighted by Gasteiger charge is 2.03. The lowest BCUT2D eigenvalue weighted by atomic mass is 10.3. The molecule has 0 atom stereocenters. The molecular weight excluding hydrogens is 270 g/mol. The number of ether oxygens (including phenoxy) is 1. The van der Waals surface area contributed by atoms with Crippen LogP contribution in [0.1, 0.15) is 0 Å². The number of hydrogen-bond donors (Lipinski definition) is 2. The second kappa shape index (κ2) is 6.77. The zero-order valence-electron chi connectivity index (χ0n) is 11.5. The van der Waals surface area contributed by atoms with Crippen LogP contribution in [0.25, 0.3) is 0 Å². The Balaban J connectivity index is 1.95. The van der Waals surface area contributed by atoms with Gasteiger partial charge in [-0.2, -0.15) is 0 Å². The van der Waals surface area contributed by atoms with Crippen molar-refractivity contribution in [3.8, 4) is 5.75 Å². The quantitative estimate of drug-likeness (QED) is 0.668. The summed E-state index contributed by atoms with van der Waals surface area (Å²) in [6, 6.07) is 17.5. The van der Waals surface area contributed by atoms with Crippen molar-refractivity contribution in [3.05, 3.63) is 54.6 Å². The zero-order chi connectivity index (χ0) is 14.4. The van der Waals surface area contributed by atoms with E-state index in [1.807, 2.05) is 66.7 Å². The van der Waals surface area contributed by atoms with Crippen molar-refractivity contribution >= 4 is 28.7 Å². The predicted molar refractivity (Wildman–Crippen MR) is 87.2 cm³/mol. The zero-order valence-corrected chi connectivity index (χ0v) is 12.3. The molecule has 2 rings (SSSR count). The normalized spacial score (nSPS) is 9.70. The Morgan fingerprint density at radius 2 is 1.85 bits per heavy atom. The number of nitrogens with zero attached hydrogens (tertiary/aromatic N) is 1. The highest BCUT2D eigenvalue weighted by molar-refractivity contribution is 7.80. The molecule has 0 aliphatic carbocycles. The molecule has 0 fully saturated rings. The molecular formula is C15H17N3OS. The fourth-order valence-corrected chi connectivity index (χ4v) is 1.98. The molecule has 0 bridgehead atoms. The van der Waals surface area contributed by atoms with Crippen LogP contribution in [0.4, 0.5) is 11.4 Å². The van der Waals surface area contributed by atoms with Crippen LogP contribution in [0.3, 0.4) is 0 Å². The molecule has 5 heteroatoms. The monoisotopic (exact) mass is 287 g/mol. The third-order valence-corrected chi connectivity index (χ3v) is 2.93. The Labute approximate surface area is 124 Å². The van der Waals surface area contributed by atoms with Crippen LogP contribution in [0.2, 0.25) is 0 Å². The van der Waals surface area contributed by atoms with Crippen molar-refractivity contribution in [2.45, 2.75) is 0 Å². The van der Waals surface area contributed by atoms with Crippen LogP contribution in [0.5, 0.6) is 5.75 Å². The number of methoxy groups -OCH3 is 1. The number of anilines is 2. The molecule has 0 aliphatic rings. The molecule has 2 aromatic carbocycles. The van der Waals surface area contributed by atoms with Crippen LogP contribution < -0.4 is 20.5 Å². The fraction of sp³-hybridized carbons (Fsp3) is 0.133. The van der Waals surface area contributed by atoms with Crippen LogP contribution in [0.15, 0.2) is 54.6 Å². The number of benzene rings is 2. The SMILES string of the molecule is COc1cccc(NC(=S)NN(C)c2ccccc2)c1. The Morgan fingerprint density at radius 1 is 1.10 bits per heavy atom. The maximum Gasteiger partial charge on any atom is 0.189 e. The summed E-state index contributed by atoms with van der Waals surface area (Å²) in [6.07, 6.45) is 0. The smallest absolute Gasteiger partial charge is 0.189 e. The topological polar surface area (TPSA) is 36.5 Å². The highest BCUT2D eigenvalue weighted by Crippen LogP contribution is 2.16. The van der Waals surface area contributed by atoms with Gasteiger partial charge in [-0.15, -0.1) is 0 Å². The summed E-state index contributed by atoms with van der Waals surface area (Å²) >= 11 is 5.29. The Hall–Kier alpha value is -2.27. The van der Waals surface area contributed by atoms with Gasteiger partial charge in [0.1, 0.15) is 5.75 Å². The largest absolute Gasteiger partial charge is 0.497 e. The van der Waals surface area contributed by atoms with Crippen LogP contribution in [-0.2, 0) is 0 Å². The molecule has 0 spiro atoms. The van der Waals surface area contributed by atoms with Crippen molar-refractivity contribution in [2.75, 3.05) is 24.5 Å². The minimum absolute atomic E-state index is 0.518. The molecule has 0 saturated carbocycles. The number of rotatable bonds is 4. The van der Waals surface area contributed by atoms with Crippen molar-refractivity contribution in [2.24, 2.45) is 0 Å². The fourth-order valence-electron chi connectivity index (χ4n) is 1.73. The maximum atomic E-state index is 5.29. The average molecular weight is 287 g/mol. The molecule has 0 unspecified atom stereocenters. The molecule has 0 saturated heterocycles. The van der Waals surface area contributed by atoms with E-state index in [-0.39, 0.29) is 0 Å². The lowest BCUT2D eigenvalue weighted by molar-refractivity contribution is 0.415. The summed E-state index contributed by atoms with van der Waals surface area (Å²) in [5.41, 5.74) is 5.00. The summed E-state index contributed by atoms with van der Waals surface area (Å²) in [7, 11) is 3.55. The number of hydrogen-bond acceptors (Lipinski definition) is 3. The van der Waals surface area contributed by atoms with Gasteiger partial charge in [-0.05, 0) is 36.5 Å². The number of thiocarbonyl (C=S) groups is 1. The van der Waals surface area contributed by atoms with E-state index in [0.29, 0.717) is 5.11 Å². The molecule has 0 heterocycles. The van der Waals surface area contributed by atoms with Gasteiger partial charge in [0.25, 0.3) is 0 Å². The van der Waals surface area contributed by atoms with E-state index in [4.69, 9.17) is 17.0 Å². The average Bonchev–Trinajstić information content (AvgIpc) is 2.48. The molecule has 0 aromatic heterocycles. The lowest BCUT2D eigenvalue weighted by Crippen LogP contribution is -2.41. The molecule has 0 aliphatic heterocycles. The first-order valence-electron chi connectivity index (χ1n) is 6.19. The molecule has 2 aromatic rings. The number of para-hydroxylation sites is 1. The maximum absolute atomic E-state index is 5.29. The molecule has 104 valence electrons. The van der Waals surface area contributed by atoms with Crippen LogP contribution >= 0.6 is 12.2 Å². The van der Waals surface area contributed by atoms with Gasteiger partial charge in [0.05, 0.1) is 12.8 Å². The van der Waals surface area contributed by atoms with E-state index >= 15 is 0 Å². The molecule has 0 amide bonds. The van der Waals surface area contributed by atoms with Crippen molar-refractivity contribution in [1.82, 2.24) is 5.43 Å². The number of nitrogens with one attached hydrogen (secondary N) is 2. The van der Waals surface area contributed by atoms with Crippen molar-refractivity contribution in [3.63, 3.8) is 0 Å². The van der Waals surface area contributed by atoms with Gasteiger partial charge in [0, 0.05) is 18.8 Å².